The Labute approximate surface area is 135 Å². The maximum absolute atomic E-state index is 13.5. The maximum atomic E-state index is 13.5. The summed E-state index contributed by atoms with van der Waals surface area (Å²) in [5.74, 6) is -0.247. The molecule has 0 spiro atoms. The van der Waals surface area contributed by atoms with Gasteiger partial charge in [0.1, 0.15) is 24.0 Å². The first kappa shape index (κ1) is 15.4. The second-order valence-electron chi connectivity index (χ2n) is 6.67. The van der Waals surface area contributed by atoms with Crippen molar-refractivity contribution in [2.45, 2.75) is 26.3 Å². The normalized spacial score (nSPS) is 14.4. The minimum absolute atomic E-state index is 0.222. The van der Waals surface area contributed by atoms with Crippen molar-refractivity contribution in [2.24, 2.45) is 5.41 Å². The largest absolute Gasteiger partial charge is 0.237 e. The summed E-state index contributed by atoms with van der Waals surface area (Å²) in [5.41, 5.74) is 1.26. The first-order valence-corrected chi connectivity index (χ1v) is 7.63. The van der Waals surface area contributed by atoms with Crippen molar-refractivity contribution in [1.29, 1.82) is 0 Å². The fraction of sp³-hybridized carbons (Fsp3) is 0.263. The van der Waals surface area contributed by atoms with Gasteiger partial charge in [0.2, 0.25) is 0 Å². The molecule has 3 nitrogen and oxygen atoms in total. The number of hydrogen-bond acceptors (Lipinski definition) is 2. The Balaban J connectivity index is 2.38. The molecule has 0 radical (unpaired) electrons. The molecule has 2 aromatic carbocycles. The summed E-state index contributed by atoms with van der Waals surface area (Å²) in [6, 6.07) is 16.8. The summed E-state index contributed by atoms with van der Waals surface area (Å²) in [6.45, 7) is 6.47. The zero-order chi connectivity index (χ0) is 16.5. The van der Waals surface area contributed by atoms with Gasteiger partial charge in [-0.1, -0.05) is 63.2 Å². The molecule has 0 aliphatic carbocycles. The van der Waals surface area contributed by atoms with E-state index >= 15 is 0 Å². The van der Waals surface area contributed by atoms with Gasteiger partial charge < -0.3 is 0 Å². The standard InChI is InChI=1S/C19H20FN3/c1-18(2,3)19(23-14-21-13-22-23,15-7-5-4-6-8-15)16-9-11-17(20)12-10-16/h4-14H,1-3H3. The van der Waals surface area contributed by atoms with Crippen LogP contribution in [0.4, 0.5) is 4.39 Å². The molecule has 3 aromatic rings. The van der Waals surface area contributed by atoms with Crippen molar-refractivity contribution >= 4 is 0 Å². The topological polar surface area (TPSA) is 30.7 Å². The molecular weight excluding hydrogens is 289 g/mol. The van der Waals surface area contributed by atoms with Crippen LogP contribution in [0.5, 0.6) is 0 Å². The maximum Gasteiger partial charge on any atom is 0.137 e. The Morgan fingerprint density at radius 3 is 2.00 bits per heavy atom. The van der Waals surface area contributed by atoms with Crippen LogP contribution in [0.3, 0.4) is 0 Å². The SMILES string of the molecule is CC(C)(C)C(c1ccccc1)(c1ccc(F)cc1)n1cncn1. The van der Waals surface area contributed by atoms with Crippen LogP contribution in [0.25, 0.3) is 0 Å². The highest BCUT2D eigenvalue weighted by atomic mass is 19.1. The molecule has 23 heavy (non-hydrogen) atoms. The van der Waals surface area contributed by atoms with E-state index in [0.717, 1.165) is 11.1 Å². The molecule has 1 aromatic heterocycles. The summed E-state index contributed by atoms with van der Waals surface area (Å²) < 4.78 is 15.4. The summed E-state index contributed by atoms with van der Waals surface area (Å²) in [6.07, 6.45) is 3.26. The minimum atomic E-state index is -0.585. The fourth-order valence-electron chi connectivity index (χ4n) is 3.39. The zero-order valence-corrected chi connectivity index (χ0v) is 13.6. The van der Waals surface area contributed by atoms with Crippen molar-refractivity contribution in [1.82, 2.24) is 14.8 Å². The van der Waals surface area contributed by atoms with E-state index in [1.807, 2.05) is 35.0 Å². The number of hydrogen-bond donors (Lipinski definition) is 0. The summed E-state index contributed by atoms with van der Waals surface area (Å²) in [5, 5.41) is 4.44. The van der Waals surface area contributed by atoms with Gasteiger partial charge in [0, 0.05) is 0 Å². The van der Waals surface area contributed by atoms with Gasteiger partial charge in [0.25, 0.3) is 0 Å². The van der Waals surface area contributed by atoms with E-state index in [0.29, 0.717) is 0 Å². The molecule has 1 heterocycles. The molecule has 4 heteroatoms. The van der Waals surface area contributed by atoms with Crippen LogP contribution < -0.4 is 0 Å². The summed E-state index contributed by atoms with van der Waals surface area (Å²) in [7, 11) is 0. The van der Waals surface area contributed by atoms with Gasteiger partial charge in [-0.2, -0.15) is 5.10 Å². The average Bonchev–Trinajstić information content (AvgIpc) is 3.04. The molecule has 0 amide bonds. The Bertz CT molecular complexity index is 759. The number of aromatic nitrogens is 3. The molecule has 3 rings (SSSR count). The van der Waals surface area contributed by atoms with E-state index in [1.165, 1.54) is 18.5 Å². The van der Waals surface area contributed by atoms with Gasteiger partial charge in [-0.15, -0.1) is 0 Å². The quantitative estimate of drug-likeness (QED) is 0.724. The molecule has 0 saturated carbocycles. The molecule has 0 bridgehead atoms. The highest BCUT2D eigenvalue weighted by Crippen LogP contribution is 2.47. The van der Waals surface area contributed by atoms with Crippen LogP contribution in [0.1, 0.15) is 31.9 Å². The van der Waals surface area contributed by atoms with Crippen molar-refractivity contribution in [3.8, 4) is 0 Å². The molecule has 0 N–H and O–H groups in total. The van der Waals surface area contributed by atoms with Gasteiger partial charge in [-0.3, -0.25) is 0 Å². The average molecular weight is 309 g/mol. The van der Waals surface area contributed by atoms with Crippen molar-refractivity contribution in [2.75, 3.05) is 0 Å². The molecule has 1 atom stereocenters. The summed E-state index contributed by atoms with van der Waals surface area (Å²) in [4.78, 5) is 4.15. The Kier molecular flexibility index (Phi) is 3.76. The van der Waals surface area contributed by atoms with Crippen molar-refractivity contribution in [3.05, 3.63) is 84.2 Å². The molecule has 118 valence electrons. The highest BCUT2D eigenvalue weighted by molar-refractivity contribution is 5.41. The lowest BCUT2D eigenvalue weighted by Crippen LogP contribution is -2.48. The van der Waals surface area contributed by atoms with Crippen LogP contribution in [0.15, 0.2) is 67.3 Å². The number of benzene rings is 2. The van der Waals surface area contributed by atoms with Gasteiger partial charge >= 0.3 is 0 Å². The number of halogens is 1. The molecule has 0 saturated heterocycles. The minimum Gasteiger partial charge on any atom is -0.237 e. The van der Waals surface area contributed by atoms with E-state index in [4.69, 9.17) is 0 Å². The molecule has 0 aliphatic rings. The van der Waals surface area contributed by atoms with Crippen LogP contribution in [0.2, 0.25) is 0 Å². The molecule has 1 unspecified atom stereocenters. The first-order chi connectivity index (χ1) is 11.0. The van der Waals surface area contributed by atoms with Crippen molar-refractivity contribution < 1.29 is 4.39 Å². The Morgan fingerprint density at radius 1 is 0.870 bits per heavy atom. The lowest BCUT2D eigenvalue weighted by Gasteiger charge is -2.45. The first-order valence-electron chi connectivity index (χ1n) is 7.63. The predicted octanol–water partition coefficient (Wildman–Crippen LogP) is 4.26. The van der Waals surface area contributed by atoms with Crippen LogP contribution in [-0.4, -0.2) is 14.8 Å². The monoisotopic (exact) mass is 309 g/mol. The van der Waals surface area contributed by atoms with E-state index in [1.54, 1.807) is 6.33 Å². The Hall–Kier alpha value is -2.49. The van der Waals surface area contributed by atoms with E-state index in [-0.39, 0.29) is 11.2 Å². The Morgan fingerprint density at radius 2 is 1.48 bits per heavy atom. The molecule has 0 fully saturated rings. The highest BCUT2D eigenvalue weighted by Gasteiger charge is 2.47. The second kappa shape index (κ2) is 5.61. The van der Waals surface area contributed by atoms with Gasteiger partial charge in [0.15, 0.2) is 0 Å². The van der Waals surface area contributed by atoms with Gasteiger partial charge in [0.05, 0.1) is 0 Å². The number of rotatable bonds is 3. The lowest BCUT2D eigenvalue weighted by atomic mass is 9.65. The lowest BCUT2D eigenvalue weighted by molar-refractivity contribution is 0.171. The molecule has 0 aliphatic heterocycles. The van der Waals surface area contributed by atoms with E-state index in [9.17, 15) is 4.39 Å². The molecular formula is C19H20FN3. The second-order valence-corrected chi connectivity index (χ2v) is 6.67. The van der Waals surface area contributed by atoms with E-state index in [2.05, 4.69) is 43.0 Å². The number of nitrogens with zero attached hydrogens (tertiary/aromatic N) is 3. The van der Waals surface area contributed by atoms with Crippen LogP contribution >= 0.6 is 0 Å². The summed E-state index contributed by atoms with van der Waals surface area (Å²) >= 11 is 0. The third kappa shape index (κ3) is 2.44. The smallest absolute Gasteiger partial charge is 0.137 e. The fourth-order valence-corrected chi connectivity index (χ4v) is 3.39. The van der Waals surface area contributed by atoms with Gasteiger partial charge in [-0.05, 0) is 28.7 Å². The van der Waals surface area contributed by atoms with Crippen LogP contribution in [0, 0.1) is 11.2 Å². The van der Waals surface area contributed by atoms with Gasteiger partial charge in [-0.25, -0.2) is 14.1 Å². The van der Waals surface area contributed by atoms with Crippen molar-refractivity contribution in [3.63, 3.8) is 0 Å². The van der Waals surface area contributed by atoms with Crippen LogP contribution in [-0.2, 0) is 5.54 Å². The third-order valence-corrected chi connectivity index (χ3v) is 4.30. The zero-order valence-electron chi connectivity index (χ0n) is 13.6. The third-order valence-electron chi connectivity index (χ3n) is 4.30. The van der Waals surface area contributed by atoms with E-state index < -0.39 is 5.54 Å². The predicted molar refractivity (Wildman–Crippen MR) is 88.5 cm³/mol.